The van der Waals surface area contributed by atoms with Crippen molar-refractivity contribution in [1.82, 2.24) is 14.9 Å². The van der Waals surface area contributed by atoms with Gasteiger partial charge in [0.15, 0.2) is 5.82 Å². The number of ether oxygens (including phenoxy) is 2. The smallest absolute Gasteiger partial charge is 0.261 e. The first-order chi connectivity index (χ1) is 19.3. The molecule has 4 aromatic rings. The Morgan fingerprint density at radius 2 is 1.77 bits per heavy atom. The van der Waals surface area contributed by atoms with Gasteiger partial charge >= 0.3 is 0 Å². The van der Waals surface area contributed by atoms with Crippen molar-refractivity contribution in [2.24, 2.45) is 0 Å². The largest absolute Gasteiger partial charge is 0.494 e. The second-order valence-corrected chi connectivity index (χ2v) is 12.8. The normalized spacial score (nSPS) is 15.9. The lowest BCUT2D eigenvalue weighted by Crippen LogP contribution is -2.32. The van der Waals surface area contributed by atoms with E-state index in [-0.39, 0.29) is 17.4 Å². The molecule has 7 nitrogen and oxygen atoms in total. The first-order valence-electron chi connectivity index (χ1n) is 13.6. The minimum absolute atomic E-state index is 0.234. The van der Waals surface area contributed by atoms with E-state index < -0.39 is 0 Å². The molecule has 0 spiro atoms. The van der Waals surface area contributed by atoms with Crippen LogP contribution in [-0.4, -0.2) is 51.2 Å². The molecule has 9 heteroatoms. The number of thiophene rings is 1. The molecule has 0 radical (unpaired) electrons. The molecular formula is C31H31N3O4S2. The van der Waals surface area contributed by atoms with Crippen LogP contribution in [0.15, 0.2) is 53.6 Å². The predicted molar refractivity (Wildman–Crippen MR) is 158 cm³/mol. The summed E-state index contributed by atoms with van der Waals surface area (Å²) in [5, 5.41) is 1.93. The molecule has 206 valence electrons. The molecule has 0 aliphatic carbocycles. The Kier molecular flexibility index (Phi) is 7.37. The van der Waals surface area contributed by atoms with Crippen molar-refractivity contribution >= 4 is 45.1 Å². The summed E-state index contributed by atoms with van der Waals surface area (Å²) in [6, 6.07) is 14.9. The van der Waals surface area contributed by atoms with Gasteiger partial charge in [-0.1, -0.05) is 25.5 Å². The zero-order valence-corrected chi connectivity index (χ0v) is 24.5. The number of rotatable bonds is 9. The molecule has 2 amide bonds. The number of carbonyl (C=O) groups is 2. The van der Waals surface area contributed by atoms with Crippen LogP contribution >= 0.6 is 23.1 Å². The molecule has 0 atom stereocenters. The third-order valence-electron chi connectivity index (χ3n) is 7.21. The Morgan fingerprint density at radius 1 is 1.05 bits per heavy atom. The monoisotopic (exact) mass is 573 g/mol. The van der Waals surface area contributed by atoms with Gasteiger partial charge < -0.3 is 9.47 Å². The van der Waals surface area contributed by atoms with Gasteiger partial charge in [-0.2, -0.15) is 0 Å². The molecule has 40 heavy (non-hydrogen) atoms. The molecule has 6 rings (SSSR count). The lowest BCUT2D eigenvalue weighted by Gasteiger charge is -2.30. The van der Waals surface area contributed by atoms with Gasteiger partial charge in [0, 0.05) is 34.5 Å². The van der Waals surface area contributed by atoms with E-state index in [1.165, 1.54) is 15.3 Å². The zero-order valence-electron chi connectivity index (χ0n) is 22.9. The highest BCUT2D eigenvalue weighted by Gasteiger charge is 2.35. The molecule has 0 fully saturated rings. The Labute approximate surface area is 241 Å². The van der Waals surface area contributed by atoms with Crippen molar-refractivity contribution in [1.29, 1.82) is 0 Å². The van der Waals surface area contributed by atoms with Crippen LogP contribution in [0.4, 0.5) is 0 Å². The molecule has 2 aliphatic rings. The third-order valence-corrected chi connectivity index (χ3v) is 9.26. The van der Waals surface area contributed by atoms with Crippen molar-refractivity contribution in [2.45, 2.75) is 57.3 Å². The molecule has 0 saturated carbocycles. The van der Waals surface area contributed by atoms with Crippen LogP contribution in [0.5, 0.6) is 5.75 Å². The molecular weight excluding hydrogens is 542 g/mol. The van der Waals surface area contributed by atoms with Gasteiger partial charge in [-0.25, -0.2) is 9.97 Å². The van der Waals surface area contributed by atoms with E-state index in [1.54, 1.807) is 47.4 Å². The second kappa shape index (κ2) is 11.0. The minimum atomic E-state index is -0.268. The van der Waals surface area contributed by atoms with E-state index in [1.807, 2.05) is 24.3 Å². The molecule has 0 N–H and O–H groups in total. The molecule has 0 unspecified atom stereocenters. The zero-order chi connectivity index (χ0) is 27.9. The van der Waals surface area contributed by atoms with Crippen LogP contribution in [0, 0.1) is 0 Å². The SMILES string of the molecule is CCCCOc1ccc(-c2nc(SCCN3C(=O)c4ccccc4C3=O)c3c4c(sc3n2)COC(C)(C)C4)cc1. The van der Waals surface area contributed by atoms with Crippen LogP contribution in [0.25, 0.3) is 21.6 Å². The van der Waals surface area contributed by atoms with Crippen LogP contribution in [0.2, 0.25) is 0 Å². The van der Waals surface area contributed by atoms with Crippen molar-refractivity contribution < 1.29 is 19.1 Å². The number of thioether (sulfide) groups is 1. The van der Waals surface area contributed by atoms with Gasteiger partial charge in [-0.05, 0) is 62.2 Å². The number of nitrogens with zero attached hydrogens (tertiary/aromatic N) is 3. The molecule has 0 bridgehead atoms. The summed E-state index contributed by atoms with van der Waals surface area (Å²) in [4.78, 5) is 39.2. The summed E-state index contributed by atoms with van der Waals surface area (Å²) >= 11 is 3.23. The fraction of sp³-hybridized carbons (Fsp3) is 0.355. The summed E-state index contributed by atoms with van der Waals surface area (Å²) < 4.78 is 11.9. The van der Waals surface area contributed by atoms with Crippen molar-refractivity contribution in [3.05, 3.63) is 70.1 Å². The maximum atomic E-state index is 12.9. The Morgan fingerprint density at radius 3 is 2.48 bits per heavy atom. The fourth-order valence-electron chi connectivity index (χ4n) is 5.06. The van der Waals surface area contributed by atoms with E-state index in [4.69, 9.17) is 19.4 Å². The van der Waals surface area contributed by atoms with Crippen LogP contribution in [0.1, 0.15) is 64.8 Å². The average Bonchev–Trinajstić information content (AvgIpc) is 3.43. The Bertz CT molecular complexity index is 1560. The lowest BCUT2D eigenvalue weighted by molar-refractivity contribution is -0.0379. The maximum Gasteiger partial charge on any atom is 0.261 e. The number of benzene rings is 2. The first kappa shape index (κ1) is 26.9. The maximum absolute atomic E-state index is 12.9. The quantitative estimate of drug-likeness (QED) is 0.0945. The van der Waals surface area contributed by atoms with E-state index >= 15 is 0 Å². The Hall–Kier alpha value is -3.27. The first-order valence-corrected chi connectivity index (χ1v) is 15.4. The highest BCUT2D eigenvalue weighted by molar-refractivity contribution is 7.99. The molecule has 2 aliphatic heterocycles. The molecule has 0 saturated heterocycles. The number of hydrogen-bond acceptors (Lipinski definition) is 8. The van der Waals surface area contributed by atoms with E-state index in [0.717, 1.165) is 45.8 Å². The molecule has 2 aromatic heterocycles. The topological polar surface area (TPSA) is 81.6 Å². The number of aromatic nitrogens is 2. The highest BCUT2D eigenvalue weighted by atomic mass is 32.2. The van der Waals surface area contributed by atoms with Gasteiger partial charge in [0.25, 0.3) is 11.8 Å². The summed E-state index contributed by atoms with van der Waals surface area (Å²) in [7, 11) is 0. The van der Waals surface area contributed by atoms with Gasteiger partial charge in [0.2, 0.25) is 0 Å². The predicted octanol–water partition coefficient (Wildman–Crippen LogP) is 6.78. The van der Waals surface area contributed by atoms with Gasteiger partial charge in [0.1, 0.15) is 15.6 Å². The number of unbranched alkanes of at least 4 members (excludes halogenated alkanes) is 1. The summed E-state index contributed by atoms with van der Waals surface area (Å²) in [5.74, 6) is 1.55. The van der Waals surface area contributed by atoms with Crippen molar-refractivity contribution in [3.63, 3.8) is 0 Å². The lowest BCUT2D eigenvalue weighted by atomic mass is 9.94. The fourth-order valence-corrected chi connectivity index (χ4v) is 7.21. The summed E-state index contributed by atoms with van der Waals surface area (Å²) in [6.45, 7) is 7.92. The summed E-state index contributed by atoms with van der Waals surface area (Å²) in [6.07, 6.45) is 2.89. The van der Waals surface area contributed by atoms with E-state index in [0.29, 0.717) is 42.5 Å². The van der Waals surface area contributed by atoms with Crippen LogP contribution in [-0.2, 0) is 17.8 Å². The Balaban J connectivity index is 1.30. The number of fused-ring (bicyclic) bond motifs is 4. The standard InChI is InChI=1S/C31H31N3O4S2/c1-4-5-15-37-20-12-10-19(11-13-20)26-32-27(25-23-17-31(2,3)38-18-24(23)40-28(25)33-26)39-16-14-34-29(35)21-8-6-7-9-22(21)30(34)36/h6-13H,4-5,14-18H2,1-3H3. The van der Waals surface area contributed by atoms with Crippen molar-refractivity contribution in [3.8, 4) is 17.1 Å². The second-order valence-electron chi connectivity index (χ2n) is 10.6. The minimum Gasteiger partial charge on any atom is -0.494 e. The van der Waals surface area contributed by atoms with Crippen molar-refractivity contribution in [2.75, 3.05) is 18.9 Å². The number of imide groups is 1. The highest BCUT2D eigenvalue weighted by Crippen LogP contribution is 2.42. The van der Waals surface area contributed by atoms with Crippen LogP contribution < -0.4 is 4.74 Å². The van der Waals surface area contributed by atoms with E-state index in [9.17, 15) is 9.59 Å². The van der Waals surface area contributed by atoms with Gasteiger partial charge in [-0.15, -0.1) is 23.1 Å². The van der Waals surface area contributed by atoms with Gasteiger partial charge in [0.05, 0.1) is 29.9 Å². The number of carbonyl (C=O) groups excluding carboxylic acids is 2. The summed E-state index contributed by atoms with van der Waals surface area (Å²) in [5.41, 5.74) is 2.83. The third kappa shape index (κ3) is 5.13. The van der Waals surface area contributed by atoms with Crippen LogP contribution in [0.3, 0.4) is 0 Å². The molecule has 4 heterocycles. The van der Waals surface area contributed by atoms with E-state index in [2.05, 4.69) is 20.8 Å². The number of hydrogen-bond donors (Lipinski definition) is 0. The number of amides is 2. The average molecular weight is 574 g/mol. The molecule has 2 aromatic carbocycles. The van der Waals surface area contributed by atoms with Gasteiger partial charge in [-0.3, -0.25) is 14.5 Å².